The molecule has 0 saturated carbocycles. The molecule has 3 nitrogen and oxygen atoms in total. The number of hydrogen-bond donors (Lipinski definition) is 1. The molecule has 19 heavy (non-hydrogen) atoms. The third-order valence-corrected chi connectivity index (χ3v) is 2.63. The number of halogens is 1. The second-order valence-corrected chi connectivity index (χ2v) is 5.63. The lowest BCUT2D eigenvalue weighted by molar-refractivity contribution is 0.0501. The third kappa shape index (κ3) is 4.89. The molecule has 0 aliphatic carbocycles. The second-order valence-electron chi connectivity index (χ2n) is 5.63. The number of nitrogens with one attached hydrogen (secondary N) is 1. The molecule has 1 aromatic rings. The minimum atomic E-state index is -0.561. The molecule has 1 atom stereocenters. The molecule has 0 radical (unpaired) electrons. The van der Waals surface area contributed by atoms with Crippen molar-refractivity contribution in [2.45, 2.75) is 52.7 Å². The normalized spacial score (nSPS) is 12.9. The van der Waals surface area contributed by atoms with E-state index >= 15 is 0 Å². The van der Waals surface area contributed by atoms with Crippen LogP contribution in [0.5, 0.6) is 0 Å². The van der Waals surface area contributed by atoms with Gasteiger partial charge in [0.05, 0.1) is 6.04 Å². The van der Waals surface area contributed by atoms with Gasteiger partial charge in [-0.05, 0) is 45.7 Å². The van der Waals surface area contributed by atoms with Gasteiger partial charge in [0.1, 0.15) is 11.4 Å². The first kappa shape index (κ1) is 15.5. The summed E-state index contributed by atoms with van der Waals surface area (Å²) in [5.74, 6) is -0.303. The van der Waals surface area contributed by atoms with Gasteiger partial charge in [-0.25, -0.2) is 9.18 Å². The predicted octanol–water partition coefficient (Wildman–Crippen LogP) is 4.36. The van der Waals surface area contributed by atoms with E-state index in [1.807, 2.05) is 19.9 Å². The van der Waals surface area contributed by atoms with Crippen molar-refractivity contribution < 1.29 is 15.3 Å². The first-order valence-corrected chi connectivity index (χ1v) is 6.48. The molecule has 1 amide bonds. The number of ether oxygens (including phenoxy) is 1. The monoisotopic (exact) mass is 269 g/mol. The van der Waals surface area contributed by atoms with E-state index in [0.717, 1.165) is 5.56 Å². The highest BCUT2D eigenvalue weighted by atomic mass is 19.1. The molecule has 0 unspecified atom stereocenters. The van der Waals surface area contributed by atoms with Crippen molar-refractivity contribution in [3.05, 3.63) is 35.1 Å². The number of carbonyl (C=O) groups excluding carboxylic acids is 1. The van der Waals surface area contributed by atoms with E-state index in [1.165, 1.54) is 6.07 Å². The highest BCUT2D eigenvalue weighted by Crippen LogP contribution is 2.21. The number of benzene rings is 1. The topological polar surface area (TPSA) is 38.3 Å². The van der Waals surface area contributed by atoms with Gasteiger partial charge in [-0.2, -0.15) is 0 Å². The van der Waals surface area contributed by atoms with Crippen LogP contribution in [0, 0.1) is 12.7 Å². The van der Waals surface area contributed by atoms with Gasteiger partial charge in [0.25, 0.3) is 0 Å². The smallest absolute Gasteiger partial charge is 0.408 e. The summed E-state index contributed by atoms with van der Waals surface area (Å²) in [5, 5.41) is 2.70. The summed E-state index contributed by atoms with van der Waals surface area (Å²) in [6, 6.07) is 4.62. The minimum absolute atomic E-state index is 0. The van der Waals surface area contributed by atoms with Gasteiger partial charge in [-0.15, -0.1) is 0 Å². The average molecular weight is 269 g/mol. The lowest BCUT2D eigenvalue weighted by Crippen LogP contribution is -2.35. The highest BCUT2D eigenvalue weighted by Gasteiger charge is 2.21. The molecular weight excluding hydrogens is 245 g/mol. The van der Waals surface area contributed by atoms with Crippen LogP contribution in [0.15, 0.2) is 18.2 Å². The van der Waals surface area contributed by atoms with Gasteiger partial charge in [-0.3, -0.25) is 0 Å². The lowest BCUT2D eigenvalue weighted by atomic mass is 10.0. The van der Waals surface area contributed by atoms with Crippen molar-refractivity contribution >= 4 is 6.09 Å². The molecule has 0 aliphatic rings. The van der Waals surface area contributed by atoms with Gasteiger partial charge < -0.3 is 10.1 Å². The molecular formula is C15H24FNO2. The van der Waals surface area contributed by atoms with Crippen LogP contribution in [0.1, 0.15) is 52.7 Å². The number of alkyl carbamates (subject to hydrolysis) is 1. The summed E-state index contributed by atoms with van der Waals surface area (Å²) in [7, 11) is 0. The number of hydrogen-bond acceptors (Lipinski definition) is 2. The minimum Gasteiger partial charge on any atom is -0.444 e. The summed E-state index contributed by atoms with van der Waals surface area (Å²) >= 11 is 0. The fourth-order valence-corrected chi connectivity index (χ4v) is 1.76. The zero-order valence-electron chi connectivity index (χ0n) is 12.2. The van der Waals surface area contributed by atoms with Crippen molar-refractivity contribution in [1.29, 1.82) is 0 Å². The van der Waals surface area contributed by atoms with Crippen LogP contribution in [-0.2, 0) is 4.74 Å². The van der Waals surface area contributed by atoms with Crippen LogP contribution < -0.4 is 5.32 Å². The third-order valence-electron chi connectivity index (χ3n) is 2.63. The Labute approximate surface area is 115 Å². The average Bonchev–Trinajstić information content (AvgIpc) is 2.24. The van der Waals surface area contributed by atoms with Crippen molar-refractivity contribution in [2.24, 2.45) is 0 Å². The van der Waals surface area contributed by atoms with Crippen LogP contribution in [-0.4, -0.2) is 11.7 Å². The van der Waals surface area contributed by atoms with Crippen molar-refractivity contribution in [1.82, 2.24) is 5.32 Å². The Bertz CT molecular complexity index is 458. The molecule has 0 saturated heterocycles. The Morgan fingerprint density at radius 3 is 2.58 bits per heavy atom. The van der Waals surface area contributed by atoms with E-state index < -0.39 is 11.7 Å². The molecule has 1 rings (SSSR count). The number of amides is 1. The van der Waals surface area contributed by atoms with Crippen LogP contribution in [0.3, 0.4) is 0 Å². The van der Waals surface area contributed by atoms with E-state index in [2.05, 4.69) is 5.32 Å². The fraction of sp³-hybridized carbons (Fsp3) is 0.533. The van der Waals surface area contributed by atoms with E-state index in [-0.39, 0.29) is 13.3 Å². The van der Waals surface area contributed by atoms with Crippen LogP contribution >= 0.6 is 0 Å². The Morgan fingerprint density at radius 1 is 1.47 bits per heavy atom. The molecule has 0 aliphatic heterocycles. The van der Waals surface area contributed by atoms with Crippen molar-refractivity contribution in [3.8, 4) is 0 Å². The summed E-state index contributed by atoms with van der Waals surface area (Å²) in [6.07, 6.45) is 0.0680. The first-order valence-electron chi connectivity index (χ1n) is 6.48. The van der Waals surface area contributed by atoms with Gasteiger partial charge in [0.15, 0.2) is 0 Å². The SMILES string of the molecule is CC[C@@H](NC(=O)OC(C)(C)C)c1ccc(C)cc1F.[HH]. The van der Waals surface area contributed by atoms with Gasteiger partial charge in [-0.1, -0.05) is 19.1 Å². The van der Waals surface area contributed by atoms with Crippen LogP contribution in [0.25, 0.3) is 0 Å². The molecule has 4 heteroatoms. The second kappa shape index (κ2) is 6.04. The molecule has 0 aromatic heterocycles. The van der Waals surface area contributed by atoms with Gasteiger partial charge >= 0.3 is 6.09 Å². The van der Waals surface area contributed by atoms with Crippen molar-refractivity contribution in [3.63, 3.8) is 0 Å². The quantitative estimate of drug-likeness (QED) is 0.885. The standard InChI is InChI=1S/C15H22FNO2.H2/c1-6-13(17-14(18)19-15(3,4)5)11-8-7-10(2)9-12(11)16;/h7-9,13H,6H2,1-5H3,(H,17,18);1H/t13-;/m1./s1. The summed E-state index contributed by atoms with van der Waals surface area (Å²) in [4.78, 5) is 11.7. The van der Waals surface area contributed by atoms with Crippen LogP contribution in [0.2, 0.25) is 0 Å². The predicted molar refractivity (Wildman–Crippen MR) is 75.7 cm³/mol. The highest BCUT2D eigenvalue weighted by molar-refractivity contribution is 5.68. The Balaban J connectivity index is 0.00000361. The number of aryl methyl sites for hydroxylation is 1. The lowest BCUT2D eigenvalue weighted by Gasteiger charge is -2.23. The first-order chi connectivity index (χ1) is 8.73. The molecule has 0 bridgehead atoms. The molecule has 1 aromatic carbocycles. The summed E-state index contributed by atoms with van der Waals surface area (Å²) in [5.41, 5.74) is 0.779. The van der Waals surface area contributed by atoms with E-state index in [1.54, 1.807) is 26.8 Å². The summed E-state index contributed by atoms with van der Waals surface area (Å²) < 4.78 is 19.1. The zero-order chi connectivity index (χ0) is 14.6. The Kier molecular flexibility index (Phi) is 4.92. The number of rotatable bonds is 3. The zero-order valence-corrected chi connectivity index (χ0v) is 12.2. The van der Waals surface area contributed by atoms with E-state index in [0.29, 0.717) is 12.0 Å². The fourth-order valence-electron chi connectivity index (χ4n) is 1.76. The van der Waals surface area contributed by atoms with E-state index in [9.17, 15) is 9.18 Å². The van der Waals surface area contributed by atoms with Crippen LogP contribution in [0.4, 0.5) is 9.18 Å². The van der Waals surface area contributed by atoms with E-state index in [4.69, 9.17) is 4.74 Å². The molecule has 0 spiro atoms. The largest absolute Gasteiger partial charge is 0.444 e. The summed E-state index contributed by atoms with van der Waals surface area (Å²) in [6.45, 7) is 9.09. The molecule has 0 heterocycles. The molecule has 108 valence electrons. The van der Waals surface area contributed by atoms with Crippen molar-refractivity contribution in [2.75, 3.05) is 0 Å². The maximum Gasteiger partial charge on any atom is 0.408 e. The van der Waals surface area contributed by atoms with Gasteiger partial charge in [0.2, 0.25) is 0 Å². The molecule has 1 N–H and O–H groups in total. The number of carbonyl (C=O) groups is 1. The Morgan fingerprint density at radius 2 is 2.11 bits per heavy atom. The maximum atomic E-state index is 13.9. The maximum absolute atomic E-state index is 13.9. The van der Waals surface area contributed by atoms with Gasteiger partial charge in [0, 0.05) is 6.99 Å². The molecule has 0 fully saturated rings. The Hall–Kier alpha value is -1.58.